The van der Waals surface area contributed by atoms with Gasteiger partial charge in [0.05, 0.1) is 0 Å². The van der Waals surface area contributed by atoms with E-state index in [-0.39, 0.29) is 11.4 Å². The largest absolute Gasteiger partial charge is 0.354 e. The van der Waals surface area contributed by atoms with Crippen LogP contribution in [-0.2, 0) is 4.79 Å². The van der Waals surface area contributed by atoms with Crippen molar-refractivity contribution >= 4 is 17.7 Å². The van der Waals surface area contributed by atoms with Crippen molar-refractivity contribution in [2.24, 2.45) is 0 Å². The fraction of sp³-hybridized carbons (Fsp3) is 0.933. The maximum absolute atomic E-state index is 12.1. The molecule has 0 aliphatic carbocycles. The molecule has 21 heavy (non-hydrogen) atoms. The van der Waals surface area contributed by atoms with Gasteiger partial charge in [-0.05, 0) is 20.9 Å². The minimum absolute atomic E-state index is 0.0334. The zero-order valence-electron chi connectivity index (χ0n) is 13.7. The Balaban J connectivity index is 1.71. The molecule has 0 bridgehead atoms. The minimum Gasteiger partial charge on any atom is -0.354 e. The second-order valence-corrected chi connectivity index (χ2v) is 7.96. The van der Waals surface area contributed by atoms with E-state index >= 15 is 0 Å². The molecule has 2 saturated heterocycles. The third kappa shape index (κ3) is 5.43. The molecule has 0 aromatic heterocycles. The fourth-order valence-electron chi connectivity index (χ4n) is 2.89. The molecular formula is C15H30N4OS. The van der Waals surface area contributed by atoms with Crippen molar-refractivity contribution in [1.82, 2.24) is 20.4 Å². The molecule has 2 fully saturated rings. The highest BCUT2D eigenvalue weighted by molar-refractivity contribution is 7.99. The second kappa shape index (κ2) is 7.81. The molecule has 122 valence electrons. The lowest BCUT2D eigenvalue weighted by Gasteiger charge is -2.43. The van der Waals surface area contributed by atoms with E-state index in [2.05, 4.69) is 41.3 Å². The summed E-state index contributed by atoms with van der Waals surface area (Å²) in [6, 6.07) is 0.343. The molecular weight excluding hydrogens is 284 g/mol. The number of hydrogen-bond donors (Lipinski definition) is 2. The van der Waals surface area contributed by atoms with Gasteiger partial charge in [-0.25, -0.2) is 0 Å². The van der Waals surface area contributed by atoms with E-state index in [0.717, 1.165) is 50.8 Å². The third-order valence-electron chi connectivity index (χ3n) is 4.51. The first-order valence-corrected chi connectivity index (χ1v) is 9.14. The first kappa shape index (κ1) is 17.1. The van der Waals surface area contributed by atoms with Crippen molar-refractivity contribution in [3.8, 4) is 0 Å². The normalized spacial score (nSPS) is 25.8. The predicted molar refractivity (Wildman–Crippen MR) is 89.9 cm³/mol. The highest BCUT2D eigenvalue weighted by Crippen LogP contribution is 2.16. The Bertz CT molecular complexity index is 337. The summed E-state index contributed by atoms with van der Waals surface area (Å²) in [5.41, 5.74) is 0.0334. The lowest BCUT2D eigenvalue weighted by Crippen LogP contribution is -2.58. The van der Waals surface area contributed by atoms with Crippen molar-refractivity contribution in [3.05, 3.63) is 0 Å². The molecule has 1 unspecified atom stereocenters. The van der Waals surface area contributed by atoms with Crippen LogP contribution in [0.15, 0.2) is 0 Å². The molecule has 0 spiro atoms. The number of nitrogens with zero attached hydrogens (tertiary/aromatic N) is 2. The van der Waals surface area contributed by atoms with Gasteiger partial charge in [0.2, 0.25) is 5.91 Å². The van der Waals surface area contributed by atoms with Crippen LogP contribution in [0, 0.1) is 0 Å². The van der Waals surface area contributed by atoms with Crippen LogP contribution >= 0.6 is 11.8 Å². The summed E-state index contributed by atoms with van der Waals surface area (Å²) in [6.07, 6.45) is 0.603. The molecule has 0 aromatic rings. The Kier molecular flexibility index (Phi) is 6.34. The van der Waals surface area contributed by atoms with Crippen LogP contribution in [0.1, 0.15) is 20.3 Å². The van der Waals surface area contributed by atoms with Gasteiger partial charge >= 0.3 is 0 Å². The Morgan fingerprint density at radius 1 is 1.33 bits per heavy atom. The highest BCUT2D eigenvalue weighted by Gasteiger charge is 2.29. The molecule has 2 aliphatic heterocycles. The highest BCUT2D eigenvalue weighted by atomic mass is 32.2. The number of hydrogen-bond acceptors (Lipinski definition) is 5. The number of amides is 1. The van der Waals surface area contributed by atoms with Gasteiger partial charge in [0.25, 0.3) is 0 Å². The predicted octanol–water partition coefficient (Wildman–Crippen LogP) is 0.224. The van der Waals surface area contributed by atoms with Gasteiger partial charge in [-0.15, -0.1) is 0 Å². The number of carbonyl (C=O) groups is 1. The number of rotatable bonds is 5. The summed E-state index contributed by atoms with van der Waals surface area (Å²) in [5.74, 6) is 2.39. The van der Waals surface area contributed by atoms with E-state index in [1.54, 1.807) is 0 Å². The summed E-state index contributed by atoms with van der Waals surface area (Å²) in [7, 11) is 2.17. The molecule has 6 heteroatoms. The van der Waals surface area contributed by atoms with Crippen molar-refractivity contribution in [3.63, 3.8) is 0 Å². The summed E-state index contributed by atoms with van der Waals surface area (Å²) in [5, 5.41) is 6.55. The van der Waals surface area contributed by atoms with Crippen LogP contribution in [-0.4, -0.2) is 85.1 Å². The molecule has 1 atom stereocenters. The van der Waals surface area contributed by atoms with E-state index in [1.807, 2.05) is 11.8 Å². The molecule has 0 aromatic carbocycles. The first-order chi connectivity index (χ1) is 9.97. The van der Waals surface area contributed by atoms with Gasteiger partial charge in [0.15, 0.2) is 0 Å². The topological polar surface area (TPSA) is 47.6 Å². The minimum atomic E-state index is 0.0334. The number of carbonyl (C=O) groups excluding carboxylic acids is 1. The van der Waals surface area contributed by atoms with Crippen molar-refractivity contribution in [2.45, 2.75) is 31.8 Å². The van der Waals surface area contributed by atoms with E-state index in [0.29, 0.717) is 12.5 Å². The number of piperazine rings is 1. The van der Waals surface area contributed by atoms with E-state index in [4.69, 9.17) is 0 Å². The standard InChI is InChI=1S/C15H30N4OS/c1-15(2,19-7-5-18(3)6-8-19)12-17-14(20)10-13-11-21-9-4-16-13/h13,16H,4-12H2,1-3H3,(H,17,20). The quantitative estimate of drug-likeness (QED) is 0.760. The van der Waals surface area contributed by atoms with Crippen LogP contribution in [0.25, 0.3) is 0 Å². The molecule has 2 heterocycles. The SMILES string of the molecule is CN1CCN(C(C)(C)CNC(=O)CC2CSCCN2)CC1. The zero-order chi connectivity index (χ0) is 15.3. The summed E-state index contributed by atoms with van der Waals surface area (Å²) >= 11 is 1.94. The Hall–Kier alpha value is -0.300. The number of likely N-dealkylation sites (N-methyl/N-ethyl adjacent to an activating group) is 1. The van der Waals surface area contributed by atoms with Gasteiger partial charge in [-0.2, -0.15) is 11.8 Å². The van der Waals surface area contributed by atoms with Gasteiger partial charge in [-0.1, -0.05) is 0 Å². The van der Waals surface area contributed by atoms with Crippen LogP contribution in [0.2, 0.25) is 0 Å². The van der Waals surface area contributed by atoms with Crippen molar-refractivity contribution in [2.75, 3.05) is 57.8 Å². The molecule has 0 radical (unpaired) electrons. The number of thioether (sulfide) groups is 1. The van der Waals surface area contributed by atoms with Crippen molar-refractivity contribution in [1.29, 1.82) is 0 Å². The second-order valence-electron chi connectivity index (χ2n) is 6.81. The maximum atomic E-state index is 12.1. The van der Waals surface area contributed by atoms with Gasteiger partial charge < -0.3 is 15.5 Å². The molecule has 2 aliphatic rings. The summed E-state index contributed by atoms with van der Waals surface area (Å²) < 4.78 is 0. The Morgan fingerprint density at radius 2 is 2.05 bits per heavy atom. The van der Waals surface area contributed by atoms with Gasteiger partial charge in [-0.3, -0.25) is 9.69 Å². The smallest absolute Gasteiger partial charge is 0.221 e. The summed E-state index contributed by atoms with van der Waals surface area (Å²) in [6.45, 7) is 10.6. The molecule has 1 amide bonds. The maximum Gasteiger partial charge on any atom is 0.221 e. The van der Waals surface area contributed by atoms with Gasteiger partial charge in [0.1, 0.15) is 0 Å². The molecule has 2 rings (SSSR count). The summed E-state index contributed by atoms with van der Waals surface area (Å²) in [4.78, 5) is 17.0. The Morgan fingerprint density at radius 3 is 2.67 bits per heavy atom. The Labute approximate surface area is 133 Å². The van der Waals surface area contributed by atoms with Crippen molar-refractivity contribution < 1.29 is 4.79 Å². The van der Waals surface area contributed by atoms with E-state index in [1.165, 1.54) is 0 Å². The lowest BCUT2D eigenvalue weighted by atomic mass is 10.0. The van der Waals surface area contributed by atoms with E-state index < -0.39 is 0 Å². The molecule has 0 saturated carbocycles. The fourth-order valence-corrected chi connectivity index (χ4v) is 3.83. The number of nitrogens with one attached hydrogen (secondary N) is 2. The van der Waals surface area contributed by atoms with Crippen LogP contribution in [0.4, 0.5) is 0 Å². The third-order valence-corrected chi connectivity index (χ3v) is 5.64. The van der Waals surface area contributed by atoms with Crippen LogP contribution in [0.5, 0.6) is 0 Å². The van der Waals surface area contributed by atoms with Crippen LogP contribution < -0.4 is 10.6 Å². The first-order valence-electron chi connectivity index (χ1n) is 7.99. The monoisotopic (exact) mass is 314 g/mol. The lowest BCUT2D eigenvalue weighted by molar-refractivity contribution is -0.122. The average Bonchev–Trinajstić information content (AvgIpc) is 2.47. The van der Waals surface area contributed by atoms with Gasteiger partial charge in [0, 0.05) is 68.8 Å². The van der Waals surface area contributed by atoms with E-state index in [9.17, 15) is 4.79 Å². The molecule has 2 N–H and O–H groups in total. The zero-order valence-corrected chi connectivity index (χ0v) is 14.5. The van der Waals surface area contributed by atoms with Crippen LogP contribution in [0.3, 0.4) is 0 Å². The molecule has 5 nitrogen and oxygen atoms in total. The average molecular weight is 314 g/mol.